The van der Waals surface area contributed by atoms with E-state index >= 15 is 0 Å². The number of aromatic nitrogens is 1. The Morgan fingerprint density at radius 1 is 1.00 bits per heavy atom. The van der Waals surface area contributed by atoms with Crippen molar-refractivity contribution in [3.05, 3.63) is 79.0 Å². The van der Waals surface area contributed by atoms with Crippen molar-refractivity contribution in [3.8, 4) is 0 Å². The van der Waals surface area contributed by atoms with Crippen molar-refractivity contribution in [1.29, 1.82) is 0 Å². The van der Waals surface area contributed by atoms with Crippen LogP contribution in [0.1, 0.15) is 28.8 Å². The van der Waals surface area contributed by atoms with Crippen LogP contribution < -0.4 is 0 Å². The number of nitrogens with zero attached hydrogens (tertiary/aromatic N) is 1. The number of fused-ring (bicyclic) bond motifs is 1. The van der Waals surface area contributed by atoms with E-state index in [-0.39, 0.29) is 20.8 Å². The van der Waals surface area contributed by atoms with Crippen LogP contribution in [-0.2, 0) is 19.8 Å². The van der Waals surface area contributed by atoms with Gasteiger partial charge in [-0.1, -0.05) is 56.0 Å². The molecular weight excluding hydrogens is 405 g/mol. The SMILES string of the molecule is C[Si](C)(C)C1C=C(CCc2ccccn2)c2ccccc21.[CH3-].[Cl][Cr+][Cl]. The third-order valence-electron chi connectivity index (χ3n) is 4.32. The van der Waals surface area contributed by atoms with E-state index < -0.39 is 8.07 Å². The van der Waals surface area contributed by atoms with E-state index in [4.69, 9.17) is 20.1 Å². The average Bonchev–Trinajstić information content (AvgIpc) is 2.94. The van der Waals surface area contributed by atoms with E-state index in [9.17, 15) is 0 Å². The van der Waals surface area contributed by atoms with Crippen molar-refractivity contribution in [3.63, 3.8) is 0 Å². The molecule has 0 saturated heterocycles. The summed E-state index contributed by atoms with van der Waals surface area (Å²) in [5.41, 5.74) is 6.39. The summed E-state index contributed by atoms with van der Waals surface area (Å²) in [6, 6.07) is 15.1. The van der Waals surface area contributed by atoms with Gasteiger partial charge in [-0.3, -0.25) is 4.98 Å². The molecule has 3 rings (SSSR count). The molecule has 1 atom stereocenters. The van der Waals surface area contributed by atoms with Crippen molar-refractivity contribution < 1.29 is 13.4 Å². The van der Waals surface area contributed by atoms with Crippen LogP contribution in [0.2, 0.25) is 19.6 Å². The number of hydrogen-bond donors (Lipinski definition) is 0. The third kappa shape index (κ3) is 6.27. The summed E-state index contributed by atoms with van der Waals surface area (Å²) in [7, 11) is 8.44. The summed E-state index contributed by atoms with van der Waals surface area (Å²) in [6.45, 7) is 7.39. The van der Waals surface area contributed by atoms with E-state index in [0.717, 1.165) is 12.8 Å². The summed E-state index contributed by atoms with van der Waals surface area (Å²) >= 11 is -0.181. The number of aryl methyl sites for hydroxylation is 1. The second-order valence-electron chi connectivity index (χ2n) is 7.00. The van der Waals surface area contributed by atoms with E-state index in [1.807, 2.05) is 12.3 Å². The van der Waals surface area contributed by atoms with Gasteiger partial charge in [0.05, 0.1) is 8.07 Å². The van der Waals surface area contributed by atoms with Crippen LogP contribution in [0, 0.1) is 7.43 Å². The van der Waals surface area contributed by atoms with Crippen molar-refractivity contribution in [2.45, 2.75) is 38.0 Å². The fourth-order valence-electron chi connectivity index (χ4n) is 3.18. The summed E-state index contributed by atoms with van der Waals surface area (Å²) in [5, 5.41) is 0. The van der Waals surface area contributed by atoms with E-state index in [1.54, 1.807) is 5.56 Å². The van der Waals surface area contributed by atoms with Crippen LogP contribution in [0.4, 0.5) is 0 Å². The van der Waals surface area contributed by atoms with Crippen LogP contribution in [0.3, 0.4) is 0 Å². The molecule has 0 fully saturated rings. The van der Waals surface area contributed by atoms with Gasteiger partial charge in [0.2, 0.25) is 0 Å². The van der Waals surface area contributed by atoms with E-state index in [1.165, 1.54) is 16.8 Å². The van der Waals surface area contributed by atoms with Gasteiger partial charge in [0.1, 0.15) is 0 Å². The number of allylic oxidation sites excluding steroid dienone is 2. The molecular formula is C20H26Cl2CrNSi. The average molecular weight is 431 g/mol. The first-order valence-corrected chi connectivity index (χ1v) is 15.1. The standard InChI is InChI=1S/C19H23NSi.CH3.2ClH.Cr/c1-21(2,3)19-14-15(17-9-4-5-10-18(17)19)11-12-16-8-6-7-13-20-16;;;;/h4-10,13-14,19H,11-12H2,1-3H3;1H3;2*1H;/q;-1;;;+3/p-2. The molecule has 0 N–H and O–H groups in total. The Morgan fingerprint density at radius 2 is 1.64 bits per heavy atom. The van der Waals surface area contributed by atoms with Crippen LogP contribution in [-0.4, -0.2) is 13.1 Å². The van der Waals surface area contributed by atoms with Gasteiger partial charge >= 0.3 is 33.5 Å². The zero-order valence-electron chi connectivity index (χ0n) is 15.3. The maximum absolute atomic E-state index is 4.83. The van der Waals surface area contributed by atoms with Gasteiger partial charge in [-0.25, -0.2) is 0 Å². The zero-order valence-corrected chi connectivity index (χ0v) is 19.1. The van der Waals surface area contributed by atoms with Crippen molar-refractivity contribution in [2.24, 2.45) is 0 Å². The summed E-state index contributed by atoms with van der Waals surface area (Å²) < 4.78 is 0. The quantitative estimate of drug-likeness (QED) is 0.379. The van der Waals surface area contributed by atoms with Gasteiger partial charge in [0.25, 0.3) is 0 Å². The monoisotopic (exact) mass is 430 g/mol. The minimum absolute atomic E-state index is 0. The molecule has 1 aliphatic rings. The van der Waals surface area contributed by atoms with E-state index in [2.05, 4.69) is 67.1 Å². The Labute approximate surface area is 168 Å². The Morgan fingerprint density at radius 3 is 2.24 bits per heavy atom. The Bertz CT molecular complexity index is 684. The predicted octanol–water partition coefficient (Wildman–Crippen LogP) is 6.90. The number of hydrogen-bond acceptors (Lipinski definition) is 1. The second kappa shape index (κ2) is 10.6. The molecule has 1 unspecified atom stereocenters. The molecule has 25 heavy (non-hydrogen) atoms. The van der Waals surface area contributed by atoms with Crippen LogP contribution in [0.5, 0.6) is 0 Å². The fraction of sp³-hybridized carbons (Fsp3) is 0.300. The molecule has 1 aromatic heterocycles. The van der Waals surface area contributed by atoms with Crippen LogP contribution in [0.25, 0.3) is 5.57 Å². The first-order chi connectivity index (χ1) is 11.5. The maximum atomic E-state index is 4.83. The number of benzene rings is 1. The summed E-state index contributed by atoms with van der Waals surface area (Å²) in [4.78, 5) is 4.44. The van der Waals surface area contributed by atoms with Crippen LogP contribution in [0.15, 0.2) is 54.7 Å². The Kier molecular flexibility index (Phi) is 9.49. The molecule has 1 nitrogen and oxygen atoms in total. The molecule has 0 radical (unpaired) electrons. The molecule has 0 bridgehead atoms. The van der Waals surface area contributed by atoms with E-state index in [0.29, 0.717) is 5.54 Å². The number of pyridine rings is 1. The molecule has 135 valence electrons. The van der Waals surface area contributed by atoms with Gasteiger partial charge in [0.15, 0.2) is 0 Å². The second-order valence-corrected chi connectivity index (χ2v) is 14.5. The molecule has 0 amide bonds. The van der Waals surface area contributed by atoms with Crippen molar-refractivity contribution in [1.82, 2.24) is 4.98 Å². The zero-order chi connectivity index (χ0) is 17.6. The molecule has 0 spiro atoms. The normalized spacial score (nSPS) is 15.2. The summed E-state index contributed by atoms with van der Waals surface area (Å²) in [5.74, 6) is 0. The van der Waals surface area contributed by atoms with Gasteiger partial charge in [-0.2, -0.15) is 0 Å². The molecule has 1 aromatic carbocycles. The molecule has 5 heteroatoms. The predicted molar refractivity (Wildman–Crippen MR) is 111 cm³/mol. The minimum atomic E-state index is -1.22. The first kappa shape index (κ1) is 22.5. The van der Waals surface area contributed by atoms with Gasteiger partial charge in [-0.05, 0) is 47.2 Å². The molecule has 2 aromatic rings. The van der Waals surface area contributed by atoms with Gasteiger partial charge in [-0.15, -0.1) is 0 Å². The van der Waals surface area contributed by atoms with Crippen molar-refractivity contribution >= 4 is 33.7 Å². The number of halogens is 2. The number of rotatable bonds is 4. The molecule has 1 aliphatic carbocycles. The fourth-order valence-corrected chi connectivity index (χ4v) is 5.07. The topological polar surface area (TPSA) is 12.9 Å². The van der Waals surface area contributed by atoms with Crippen molar-refractivity contribution in [2.75, 3.05) is 0 Å². The van der Waals surface area contributed by atoms with Crippen LogP contribution >= 0.6 is 20.1 Å². The van der Waals surface area contributed by atoms with Gasteiger partial charge < -0.3 is 7.43 Å². The third-order valence-corrected chi connectivity index (χ3v) is 6.66. The van der Waals surface area contributed by atoms with Gasteiger partial charge in [0, 0.05) is 11.9 Å². The first-order valence-electron chi connectivity index (χ1n) is 8.06. The Balaban J connectivity index is 0.000000730. The Hall–Kier alpha value is -0.561. The molecule has 1 heterocycles. The molecule has 0 saturated carbocycles. The molecule has 0 aliphatic heterocycles. The summed E-state index contributed by atoms with van der Waals surface area (Å²) in [6.07, 6.45) is 6.55.